The number of rotatable bonds is 4. The summed E-state index contributed by atoms with van der Waals surface area (Å²) in [7, 11) is 4.02. The number of carbonyl (C=O) groups is 1. The Bertz CT molecular complexity index is 477. The Morgan fingerprint density at radius 3 is 2.95 bits per heavy atom. The molecular formula is C16H26N4O. The monoisotopic (exact) mass is 290 g/mol. The predicted octanol–water partition coefficient (Wildman–Crippen LogP) is 2.18. The summed E-state index contributed by atoms with van der Waals surface area (Å²) in [6, 6.07) is 8.33. The minimum absolute atomic E-state index is 0.121. The minimum Gasteiger partial charge on any atom is -0.334 e. The normalized spacial score (nSPS) is 20.8. The number of benzene rings is 1. The topological polar surface area (TPSA) is 56.4 Å². The van der Waals surface area contributed by atoms with Crippen molar-refractivity contribution in [1.29, 1.82) is 0 Å². The lowest BCUT2D eigenvalue weighted by Crippen LogP contribution is -2.47. The van der Waals surface area contributed by atoms with Crippen molar-refractivity contribution < 1.29 is 4.79 Å². The van der Waals surface area contributed by atoms with Gasteiger partial charge >= 0.3 is 6.03 Å². The van der Waals surface area contributed by atoms with E-state index in [0.717, 1.165) is 37.2 Å². The first-order chi connectivity index (χ1) is 10.1. The molecule has 1 aliphatic heterocycles. The standard InChI is InChI=1S/C16H26N4O/c1-12(17-2)13-6-4-7-14(10-13)18-16(21)19-15-8-5-9-20(3)11-15/h4,6-7,10,12,15,17H,5,8-9,11H2,1-3H3,(H2,18,19,21). The van der Waals surface area contributed by atoms with Crippen LogP contribution in [0.1, 0.15) is 31.4 Å². The highest BCUT2D eigenvalue weighted by molar-refractivity contribution is 5.89. The molecule has 2 atom stereocenters. The van der Waals surface area contributed by atoms with Gasteiger partial charge in [-0.1, -0.05) is 12.1 Å². The Morgan fingerprint density at radius 1 is 1.43 bits per heavy atom. The van der Waals surface area contributed by atoms with Crippen molar-refractivity contribution in [1.82, 2.24) is 15.5 Å². The van der Waals surface area contributed by atoms with Gasteiger partial charge in [-0.15, -0.1) is 0 Å². The maximum absolute atomic E-state index is 12.1. The van der Waals surface area contributed by atoms with Crippen molar-refractivity contribution in [3.05, 3.63) is 29.8 Å². The first-order valence-corrected chi connectivity index (χ1v) is 7.62. The molecule has 2 amide bonds. The largest absolute Gasteiger partial charge is 0.334 e. The molecule has 1 fully saturated rings. The van der Waals surface area contributed by atoms with E-state index in [1.54, 1.807) is 0 Å². The molecule has 3 N–H and O–H groups in total. The third-order valence-corrected chi connectivity index (χ3v) is 4.04. The molecule has 1 aromatic rings. The molecule has 0 spiro atoms. The van der Waals surface area contributed by atoms with Crippen LogP contribution in [0.15, 0.2) is 24.3 Å². The number of hydrogen-bond donors (Lipinski definition) is 3. The van der Waals surface area contributed by atoms with Crippen LogP contribution < -0.4 is 16.0 Å². The van der Waals surface area contributed by atoms with Crippen molar-refractivity contribution in [3.8, 4) is 0 Å². The number of nitrogens with one attached hydrogen (secondary N) is 3. The van der Waals surface area contributed by atoms with Gasteiger partial charge in [-0.3, -0.25) is 0 Å². The molecule has 116 valence electrons. The average molecular weight is 290 g/mol. The second kappa shape index (κ2) is 7.43. The summed E-state index contributed by atoms with van der Waals surface area (Å²) < 4.78 is 0. The molecule has 1 aliphatic rings. The average Bonchev–Trinajstić information content (AvgIpc) is 2.46. The van der Waals surface area contributed by atoms with Crippen molar-refractivity contribution in [2.75, 3.05) is 32.5 Å². The van der Waals surface area contributed by atoms with Crippen LogP contribution in [0.2, 0.25) is 0 Å². The van der Waals surface area contributed by atoms with Crippen LogP contribution in [0.25, 0.3) is 0 Å². The Morgan fingerprint density at radius 2 is 2.24 bits per heavy atom. The van der Waals surface area contributed by atoms with Gasteiger partial charge in [0, 0.05) is 24.3 Å². The van der Waals surface area contributed by atoms with E-state index in [2.05, 4.69) is 40.9 Å². The molecule has 0 saturated carbocycles. The molecule has 0 aliphatic carbocycles. The maximum Gasteiger partial charge on any atom is 0.319 e. The second-order valence-electron chi connectivity index (χ2n) is 5.84. The molecule has 0 bridgehead atoms. The SMILES string of the molecule is CNC(C)c1cccc(NC(=O)NC2CCCN(C)C2)c1. The summed E-state index contributed by atoms with van der Waals surface area (Å²) in [5.41, 5.74) is 1.99. The highest BCUT2D eigenvalue weighted by Gasteiger charge is 2.18. The summed E-state index contributed by atoms with van der Waals surface area (Å²) >= 11 is 0. The van der Waals surface area contributed by atoms with E-state index >= 15 is 0 Å². The molecule has 2 unspecified atom stereocenters. The highest BCUT2D eigenvalue weighted by Crippen LogP contribution is 2.17. The number of nitrogens with zero attached hydrogens (tertiary/aromatic N) is 1. The number of carbonyl (C=O) groups excluding carboxylic acids is 1. The molecule has 5 nitrogen and oxygen atoms in total. The summed E-state index contributed by atoms with van der Waals surface area (Å²) in [5.74, 6) is 0. The van der Waals surface area contributed by atoms with Crippen LogP contribution in [0.3, 0.4) is 0 Å². The van der Waals surface area contributed by atoms with Crippen molar-refractivity contribution in [2.24, 2.45) is 0 Å². The van der Waals surface area contributed by atoms with E-state index in [0.29, 0.717) is 0 Å². The van der Waals surface area contributed by atoms with E-state index < -0.39 is 0 Å². The number of likely N-dealkylation sites (tertiary alicyclic amines) is 1. The summed E-state index contributed by atoms with van der Waals surface area (Å²) in [6.45, 7) is 4.13. The predicted molar refractivity (Wildman–Crippen MR) is 86.6 cm³/mol. The van der Waals surface area contributed by atoms with Crippen molar-refractivity contribution >= 4 is 11.7 Å². The van der Waals surface area contributed by atoms with Crippen LogP contribution >= 0.6 is 0 Å². The van der Waals surface area contributed by atoms with Gasteiger partial charge < -0.3 is 20.9 Å². The van der Waals surface area contributed by atoms with Gasteiger partial charge in [0.1, 0.15) is 0 Å². The number of amides is 2. The molecular weight excluding hydrogens is 264 g/mol. The fourth-order valence-corrected chi connectivity index (χ4v) is 2.69. The number of hydrogen-bond acceptors (Lipinski definition) is 3. The smallest absolute Gasteiger partial charge is 0.319 e. The maximum atomic E-state index is 12.1. The molecule has 21 heavy (non-hydrogen) atoms. The zero-order valence-electron chi connectivity index (χ0n) is 13.1. The molecule has 0 aromatic heterocycles. The number of piperidine rings is 1. The summed E-state index contributed by atoms with van der Waals surface area (Å²) in [4.78, 5) is 14.3. The Balaban J connectivity index is 1.90. The van der Waals surface area contributed by atoms with Gasteiger partial charge in [0.15, 0.2) is 0 Å². The number of anilines is 1. The molecule has 1 heterocycles. The number of likely N-dealkylation sites (N-methyl/N-ethyl adjacent to an activating group) is 1. The summed E-state index contributed by atoms with van der Waals surface area (Å²) in [6.07, 6.45) is 2.19. The van der Waals surface area contributed by atoms with E-state index in [-0.39, 0.29) is 18.1 Å². The van der Waals surface area contributed by atoms with Crippen LogP contribution in [-0.4, -0.2) is 44.2 Å². The van der Waals surface area contributed by atoms with Gasteiger partial charge in [0.05, 0.1) is 0 Å². The van der Waals surface area contributed by atoms with Gasteiger partial charge in [-0.05, 0) is 58.1 Å². The Kier molecular flexibility index (Phi) is 5.59. The molecule has 1 aromatic carbocycles. The minimum atomic E-state index is -0.121. The third-order valence-electron chi connectivity index (χ3n) is 4.04. The zero-order chi connectivity index (χ0) is 15.2. The zero-order valence-corrected chi connectivity index (χ0v) is 13.1. The lowest BCUT2D eigenvalue weighted by Gasteiger charge is -2.30. The van der Waals surface area contributed by atoms with Crippen LogP contribution in [-0.2, 0) is 0 Å². The van der Waals surface area contributed by atoms with Gasteiger partial charge in [-0.2, -0.15) is 0 Å². The van der Waals surface area contributed by atoms with Gasteiger partial charge in [0.2, 0.25) is 0 Å². The molecule has 0 radical (unpaired) electrons. The fraction of sp³-hybridized carbons (Fsp3) is 0.562. The fourth-order valence-electron chi connectivity index (χ4n) is 2.69. The number of urea groups is 1. The Hall–Kier alpha value is -1.59. The van der Waals surface area contributed by atoms with Gasteiger partial charge in [0.25, 0.3) is 0 Å². The quantitative estimate of drug-likeness (QED) is 0.796. The van der Waals surface area contributed by atoms with Crippen molar-refractivity contribution in [3.63, 3.8) is 0 Å². The first kappa shape index (κ1) is 15.8. The van der Waals surface area contributed by atoms with E-state index in [9.17, 15) is 4.79 Å². The van der Waals surface area contributed by atoms with E-state index in [1.807, 2.05) is 25.2 Å². The molecule has 5 heteroatoms. The second-order valence-corrected chi connectivity index (χ2v) is 5.84. The Labute approximate surface area is 127 Å². The van der Waals surface area contributed by atoms with Crippen LogP contribution in [0.5, 0.6) is 0 Å². The van der Waals surface area contributed by atoms with Crippen LogP contribution in [0.4, 0.5) is 10.5 Å². The van der Waals surface area contributed by atoms with Gasteiger partial charge in [-0.25, -0.2) is 4.79 Å². The first-order valence-electron chi connectivity index (χ1n) is 7.62. The summed E-state index contributed by atoms with van der Waals surface area (Å²) in [5, 5.41) is 9.18. The lowest BCUT2D eigenvalue weighted by molar-refractivity contribution is 0.216. The van der Waals surface area contributed by atoms with E-state index in [1.165, 1.54) is 0 Å². The van der Waals surface area contributed by atoms with Crippen molar-refractivity contribution in [2.45, 2.75) is 31.8 Å². The molecule has 1 saturated heterocycles. The lowest BCUT2D eigenvalue weighted by atomic mass is 10.1. The third kappa shape index (κ3) is 4.72. The van der Waals surface area contributed by atoms with Crippen LogP contribution in [0, 0.1) is 0 Å². The van der Waals surface area contributed by atoms with E-state index in [4.69, 9.17) is 0 Å². The molecule has 2 rings (SSSR count). The highest BCUT2D eigenvalue weighted by atomic mass is 16.2.